The molecule has 0 aliphatic heterocycles. The van der Waals surface area contributed by atoms with Crippen LogP contribution in [0.15, 0.2) is 22.9 Å². The third kappa shape index (κ3) is 6.66. The molecule has 0 heterocycles. The Morgan fingerprint density at radius 1 is 0.760 bits per heavy atom. The molecule has 1 N–H and O–H groups in total. The zero-order valence-electron chi connectivity index (χ0n) is 15.3. The Hall–Kier alpha value is -2.84. The van der Waals surface area contributed by atoms with Crippen molar-refractivity contribution in [3.8, 4) is 0 Å². The van der Waals surface area contributed by atoms with Crippen LogP contribution < -0.4 is 5.32 Å². The van der Waals surface area contributed by atoms with E-state index in [0.717, 1.165) is 34.5 Å². The van der Waals surface area contributed by atoms with Crippen molar-refractivity contribution in [2.75, 3.05) is 28.4 Å². The molecule has 0 aliphatic carbocycles. The Bertz CT molecular complexity index is 610. The number of rotatable bonds is 6. The summed E-state index contributed by atoms with van der Waals surface area (Å²) in [5.74, 6) is -3.95. The van der Waals surface area contributed by atoms with Gasteiger partial charge in [0, 0.05) is 11.6 Å². The summed E-state index contributed by atoms with van der Waals surface area (Å²) < 4.78 is 18.4. The zero-order valence-corrected chi connectivity index (χ0v) is 15.3. The molecule has 0 atom stereocenters. The van der Waals surface area contributed by atoms with Crippen LogP contribution in [0, 0.1) is 0 Å². The molecule has 0 radical (unpaired) electrons. The van der Waals surface area contributed by atoms with E-state index in [1.807, 2.05) is 0 Å². The lowest BCUT2D eigenvalue weighted by Gasteiger charge is -2.25. The summed E-state index contributed by atoms with van der Waals surface area (Å²) in [6, 6.07) is 0. The topological polar surface area (TPSA) is 117 Å². The maximum absolute atomic E-state index is 12.3. The molecule has 0 saturated heterocycles. The van der Waals surface area contributed by atoms with E-state index in [1.165, 1.54) is 0 Å². The van der Waals surface area contributed by atoms with E-state index in [2.05, 4.69) is 24.3 Å². The molecular formula is C16H23NO8. The van der Waals surface area contributed by atoms with Gasteiger partial charge >= 0.3 is 23.9 Å². The highest BCUT2D eigenvalue weighted by Gasteiger charge is 2.32. The molecule has 0 aliphatic rings. The van der Waals surface area contributed by atoms with Gasteiger partial charge in [-0.25, -0.2) is 19.2 Å². The first-order valence-corrected chi connectivity index (χ1v) is 7.09. The highest BCUT2D eigenvalue weighted by Crippen LogP contribution is 2.20. The minimum Gasteiger partial charge on any atom is -0.466 e. The Balaban J connectivity index is 6.79. The van der Waals surface area contributed by atoms with Crippen molar-refractivity contribution in [3.05, 3.63) is 22.9 Å². The number of hydrogen-bond acceptors (Lipinski definition) is 9. The smallest absolute Gasteiger partial charge is 0.355 e. The molecule has 0 spiro atoms. The molecule has 140 valence electrons. The molecule has 0 saturated carbocycles. The van der Waals surface area contributed by atoms with Crippen LogP contribution in [0.1, 0.15) is 20.8 Å². The molecule has 9 nitrogen and oxygen atoms in total. The molecule has 0 aromatic heterocycles. The first-order valence-electron chi connectivity index (χ1n) is 7.09. The largest absolute Gasteiger partial charge is 0.466 e. The van der Waals surface area contributed by atoms with E-state index in [9.17, 15) is 19.2 Å². The lowest BCUT2D eigenvalue weighted by molar-refractivity contribution is -0.141. The highest BCUT2D eigenvalue weighted by molar-refractivity contribution is 6.13. The van der Waals surface area contributed by atoms with Gasteiger partial charge in [0.05, 0.1) is 34.0 Å². The number of carbonyl (C=O) groups excluding carboxylic acids is 4. The average molecular weight is 357 g/mol. The van der Waals surface area contributed by atoms with Crippen molar-refractivity contribution in [2.24, 2.45) is 0 Å². The molecule has 0 aromatic rings. The van der Waals surface area contributed by atoms with Crippen molar-refractivity contribution < 1.29 is 38.1 Å². The van der Waals surface area contributed by atoms with Gasteiger partial charge in [0.2, 0.25) is 0 Å². The quantitative estimate of drug-likeness (QED) is 0.309. The van der Waals surface area contributed by atoms with E-state index in [-0.39, 0.29) is 5.70 Å². The van der Waals surface area contributed by atoms with Crippen LogP contribution >= 0.6 is 0 Å². The maximum Gasteiger partial charge on any atom is 0.355 e. The van der Waals surface area contributed by atoms with Gasteiger partial charge < -0.3 is 24.3 Å². The van der Waals surface area contributed by atoms with Gasteiger partial charge in [-0.15, -0.1) is 0 Å². The van der Waals surface area contributed by atoms with Gasteiger partial charge in [0.1, 0.15) is 11.3 Å². The Morgan fingerprint density at radius 3 is 1.60 bits per heavy atom. The molecule has 25 heavy (non-hydrogen) atoms. The van der Waals surface area contributed by atoms with Crippen LogP contribution in [-0.4, -0.2) is 57.9 Å². The number of ether oxygens (including phenoxy) is 4. The minimum atomic E-state index is -1.04. The first kappa shape index (κ1) is 22.2. The molecule has 9 heteroatoms. The average Bonchev–Trinajstić information content (AvgIpc) is 2.56. The number of methoxy groups -OCH3 is 4. The van der Waals surface area contributed by atoms with Crippen molar-refractivity contribution in [3.63, 3.8) is 0 Å². The molecule has 0 aromatic carbocycles. The third-order valence-corrected chi connectivity index (χ3v) is 2.67. The van der Waals surface area contributed by atoms with Crippen LogP contribution in [0.4, 0.5) is 0 Å². The molecule has 0 fully saturated rings. The van der Waals surface area contributed by atoms with Gasteiger partial charge in [-0.3, -0.25) is 0 Å². The molecule has 0 amide bonds. The van der Waals surface area contributed by atoms with Crippen LogP contribution in [0.2, 0.25) is 0 Å². The number of esters is 4. The summed E-state index contributed by atoms with van der Waals surface area (Å²) in [6.45, 7) is 5.14. The SMILES string of the molecule is COC(=O)/C=C(C(=O)OC)/C(C(=O)OC)=C(/NC(C)(C)C)C(=O)OC. The highest BCUT2D eigenvalue weighted by atomic mass is 16.5. The summed E-state index contributed by atoms with van der Waals surface area (Å²) >= 11 is 0. The summed E-state index contributed by atoms with van der Waals surface area (Å²) in [5, 5.41) is 2.78. The van der Waals surface area contributed by atoms with E-state index >= 15 is 0 Å². The normalized spacial score (nSPS) is 12.5. The third-order valence-electron chi connectivity index (χ3n) is 2.67. The predicted octanol–water partition coefficient (Wildman–Crippen LogP) is 0.247. The van der Waals surface area contributed by atoms with E-state index in [1.54, 1.807) is 20.8 Å². The van der Waals surface area contributed by atoms with Gasteiger partial charge in [0.25, 0.3) is 0 Å². The van der Waals surface area contributed by atoms with Crippen molar-refractivity contribution in [1.82, 2.24) is 5.32 Å². The number of hydrogen-bond donors (Lipinski definition) is 1. The predicted molar refractivity (Wildman–Crippen MR) is 86.1 cm³/mol. The van der Waals surface area contributed by atoms with Gasteiger partial charge in [-0.1, -0.05) is 0 Å². The van der Waals surface area contributed by atoms with Gasteiger partial charge in [-0.05, 0) is 20.8 Å². The van der Waals surface area contributed by atoms with Crippen molar-refractivity contribution in [2.45, 2.75) is 26.3 Å². The maximum atomic E-state index is 12.3. The Kier molecular flexibility index (Phi) is 8.38. The second-order valence-electron chi connectivity index (χ2n) is 5.68. The fraction of sp³-hybridized carbons (Fsp3) is 0.500. The van der Waals surface area contributed by atoms with Crippen LogP contribution in [0.3, 0.4) is 0 Å². The molecule has 0 unspecified atom stereocenters. The summed E-state index contributed by atoms with van der Waals surface area (Å²) in [6.07, 6.45) is 0.728. The van der Waals surface area contributed by atoms with E-state index in [0.29, 0.717) is 0 Å². The molecule has 0 bridgehead atoms. The van der Waals surface area contributed by atoms with E-state index in [4.69, 9.17) is 0 Å². The van der Waals surface area contributed by atoms with Crippen LogP contribution in [0.25, 0.3) is 0 Å². The van der Waals surface area contributed by atoms with E-state index < -0.39 is 40.6 Å². The van der Waals surface area contributed by atoms with Crippen molar-refractivity contribution in [1.29, 1.82) is 0 Å². The standard InChI is InChI=1S/C16H23NO8/c1-16(2,3)17-12(15(21)25-7)11(14(20)24-6)9(13(19)23-5)8-10(18)22-4/h8,17H,1-7H3/b9-8-,12-11-. The monoisotopic (exact) mass is 357 g/mol. The van der Waals surface area contributed by atoms with Crippen molar-refractivity contribution >= 4 is 23.9 Å². The fourth-order valence-corrected chi connectivity index (χ4v) is 1.66. The second-order valence-corrected chi connectivity index (χ2v) is 5.68. The minimum absolute atomic E-state index is 0.359. The van der Waals surface area contributed by atoms with Gasteiger partial charge in [0.15, 0.2) is 0 Å². The number of carbonyl (C=O) groups is 4. The summed E-state index contributed by atoms with van der Waals surface area (Å²) in [4.78, 5) is 48.1. The first-order chi connectivity index (χ1) is 11.5. The number of nitrogens with one attached hydrogen (secondary N) is 1. The Labute approximate surface area is 145 Å². The second kappa shape index (κ2) is 9.45. The Morgan fingerprint density at radius 2 is 1.24 bits per heavy atom. The zero-order chi connectivity index (χ0) is 19.8. The van der Waals surface area contributed by atoms with Crippen LogP contribution in [0.5, 0.6) is 0 Å². The van der Waals surface area contributed by atoms with Gasteiger partial charge in [-0.2, -0.15) is 0 Å². The fourth-order valence-electron chi connectivity index (χ4n) is 1.66. The molecular weight excluding hydrogens is 334 g/mol. The van der Waals surface area contributed by atoms with Crippen LogP contribution in [-0.2, 0) is 38.1 Å². The lowest BCUT2D eigenvalue weighted by Crippen LogP contribution is -2.40. The lowest BCUT2D eigenvalue weighted by atomic mass is 10.0. The summed E-state index contributed by atoms with van der Waals surface area (Å²) in [5.41, 5.74) is -2.07. The summed E-state index contributed by atoms with van der Waals surface area (Å²) in [7, 11) is 4.30. The molecule has 0 rings (SSSR count).